The quantitative estimate of drug-likeness (QED) is 0.940. The molecule has 2 amide bonds. The molecule has 2 aromatic rings. The van der Waals surface area contributed by atoms with Gasteiger partial charge in [-0.1, -0.05) is 12.1 Å². The van der Waals surface area contributed by atoms with Crippen molar-refractivity contribution in [1.82, 2.24) is 5.32 Å². The number of nitrogens with one attached hydrogen (secondary N) is 1. The molecule has 0 bridgehead atoms. The highest BCUT2D eigenvalue weighted by Gasteiger charge is 2.29. The van der Waals surface area contributed by atoms with Crippen molar-refractivity contribution in [2.24, 2.45) is 0 Å². The molecule has 0 spiro atoms. The van der Waals surface area contributed by atoms with Crippen LogP contribution in [-0.2, 0) is 17.8 Å². The molecule has 1 heterocycles. The number of nitrogens with zero attached hydrogens (tertiary/aromatic N) is 1. The maximum absolute atomic E-state index is 13.0. The molecule has 122 valence electrons. The molecule has 24 heavy (non-hydrogen) atoms. The van der Waals surface area contributed by atoms with E-state index in [1.54, 1.807) is 29.2 Å². The first-order valence-electron chi connectivity index (χ1n) is 8.09. The maximum Gasteiger partial charge on any atom is 0.251 e. The summed E-state index contributed by atoms with van der Waals surface area (Å²) in [5, 5.41) is 2.96. The van der Waals surface area contributed by atoms with Gasteiger partial charge in [0, 0.05) is 17.3 Å². The van der Waals surface area contributed by atoms with E-state index in [1.807, 2.05) is 6.07 Å². The van der Waals surface area contributed by atoms with Crippen LogP contribution in [0.4, 0.5) is 10.1 Å². The zero-order valence-electron chi connectivity index (χ0n) is 13.1. The van der Waals surface area contributed by atoms with Crippen molar-refractivity contribution in [3.8, 4) is 0 Å². The van der Waals surface area contributed by atoms with Crippen LogP contribution in [0.1, 0.15) is 34.3 Å². The van der Waals surface area contributed by atoms with Gasteiger partial charge in [0.2, 0.25) is 5.91 Å². The zero-order chi connectivity index (χ0) is 16.7. The summed E-state index contributed by atoms with van der Waals surface area (Å²) in [7, 11) is 0. The van der Waals surface area contributed by atoms with E-state index in [4.69, 9.17) is 0 Å². The normalized spacial score (nSPS) is 16.2. The van der Waals surface area contributed by atoms with Crippen molar-refractivity contribution in [2.75, 3.05) is 4.90 Å². The van der Waals surface area contributed by atoms with Gasteiger partial charge in [0.15, 0.2) is 0 Å². The maximum atomic E-state index is 13.0. The Morgan fingerprint density at radius 2 is 1.92 bits per heavy atom. The number of benzene rings is 2. The average Bonchev–Trinajstić information content (AvgIpc) is 3.33. The number of anilines is 1. The minimum atomic E-state index is -0.293. The number of hydrogen-bond donors (Lipinski definition) is 1. The van der Waals surface area contributed by atoms with Crippen LogP contribution in [0.2, 0.25) is 0 Å². The molecule has 2 aromatic carbocycles. The molecule has 0 aromatic heterocycles. The standard InChI is InChI=1S/C19H17FN2O2/c20-15-4-1-12(2-5-15)11-22-17-8-3-13(9-14(17)10-18(22)23)19(24)21-16-6-7-16/h1-5,8-9,16H,6-7,10-11H2,(H,21,24). The molecule has 5 heteroatoms. The summed E-state index contributed by atoms with van der Waals surface area (Å²) in [5.41, 5.74) is 3.16. The summed E-state index contributed by atoms with van der Waals surface area (Å²) in [6.45, 7) is 0.403. The molecule has 1 fully saturated rings. The summed E-state index contributed by atoms with van der Waals surface area (Å²) in [5.74, 6) is -0.378. The first kappa shape index (κ1) is 14.9. The number of rotatable bonds is 4. The molecule has 0 radical (unpaired) electrons. The predicted molar refractivity (Wildman–Crippen MR) is 88.2 cm³/mol. The molecule has 0 saturated heterocycles. The van der Waals surface area contributed by atoms with Gasteiger partial charge >= 0.3 is 0 Å². The molecule has 1 aliphatic carbocycles. The van der Waals surface area contributed by atoms with Crippen molar-refractivity contribution in [3.05, 3.63) is 65.0 Å². The Labute approximate surface area is 139 Å². The Morgan fingerprint density at radius 3 is 2.62 bits per heavy atom. The second kappa shape index (κ2) is 5.74. The molecule has 4 nitrogen and oxygen atoms in total. The van der Waals surface area contributed by atoms with Gasteiger partial charge in [0.1, 0.15) is 5.82 Å². The van der Waals surface area contributed by atoms with E-state index >= 15 is 0 Å². The van der Waals surface area contributed by atoms with E-state index in [1.165, 1.54) is 12.1 Å². The van der Waals surface area contributed by atoms with E-state index in [9.17, 15) is 14.0 Å². The van der Waals surface area contributed by atoms with Crippen LogP contribution in [0, 0.1) is 5.82 Å². The number of fused-ring (bicyclic) bond motifs is 1. The fourth-order valence-electron chi connectivity index (χ4n) is 2.97. The summed E-state index contributed by atoms with van der Waals surface area (Å²) < 4.78 is 13.0. The summed E-state index contributed by atoms with van der Waals surface area (Å²) in [4.78, 5) is 26.1. The smallest absolute Gasteiger partial charge is 0.251 e. The SMILES string of the molecule is O=C(NC1CC1)c1ccc2c(c1)CC(=O)N2Cc1ccc(F)cc1. The van der Waals surface area contributed by atoms with Crippen molar-refractivity contribution >= 4 is 17.5 Å². The van der Waals surface area contributed by atoms with Crippen molar-refractivity contribution in [3.63, 3.8) is 0 Å². The Hall–Kier alpha value is -2.69. The molecule has 2 aliphatic rings. The van der Waals surface area contributed by atoms with Gasteiger partial charge in [0.05, 0.1) is 13.0 Å². The second-order valence-electron chi connectivity index (χ2n) is 6.37. The lowest BCUT2D eigenvalue weighted by Crippen LogP contribution is -2.26. The van der Waals surface area contributed by atoms with Crippen LogP contribution >= 0.6 is 0 Å². The lowest BCUT2D eigenvalue weighted by molar-refractivity contribution is -0.117. The highest BCUT2D eigenvalue weighted by Crippen LogP contribution is 2.31. The minimum absolute atomic E-state index is 0.00549. The zero-order valence-corrected chi connectivity index (χ0v) is 13.1. The third-order valence-corrected chi connectivity index (χ3v) is 4.44. The van der Waals surface area contributed by atoms with Crippen LogP contribution in [0.5, 0.6) is 0 Å². The van der Waals surface area contributed by atoms with Gasteiger partial charge in [-0.2, -0.15) is 0 Å². The van der Waals surface area contributed by atoms with Gasteiger partial charge in [-0.15, -0.1) is 0 Å². The van der Waals surface area contributed by atoms with E-state index in [2.05, 4.69) is 5.32 Å². The highest BCUT2D eigenvalue weighted by molar-refractivity contribution is 6.03. The highest BCUT2D eigenvalue weighted by atomic mass is 19.1. The number of hydrogen-bond acceptors (Lipinski definition) is 2. The Balaban J connectivity index is 1.55. The topological polar surface area (TPSA) is 49.4 Å². The molecule has 1 saturated carbocycles. The van der Waals surface area contributed by atoms with Gasteiger partial charge in [-0.05, 0) is 54.3 Å². The average molecular weight is 324 g/mol. The van der Waals surface area contributed by atoms with E-state index in [0.717, 1.165) is 29.7 Å². The summed E-state index contributed by atoms with van der Waals surface area (Å²) >= 11 is 0. The van der Waals surface area contributed by atoms with E-state index < -0.39 is 0 Å². The second-order valence-corrected chi connectivity index (χ2v) is 6.37. The molecule has 1 aliphatic heterocycles. The third kappa shape index (κ3) is 2.89. The van der Waals surface area contributed by atoms with Crippen LogP contribution in [0.3, 0.4) is 0 Å². The Kier molecular flexibility index (Phi) is 3.56. The lowest BCUT2D eigenvalue weighted by Gasteiger charge is -2.18. The Bertz CT molecular complexity index is 813. The van der Waals surface area contributed by atoms with Gasteiger partial charge in [-0.25, -0.2) is 4.39 Å². The van der Waals surface area contributed by atoms with Crippen molar-refractivity contribution in [1.29, 1.82) is 0 Å². The monoisotopic (exact) mass is 324 g/mol. The van der Waals surface area contributed by atoms with Crippen LogP contribution in [-0.4, -0.2) is 17.9 Å². The van der Waals surface area contributed by atoms with Crippen molar-refractivity contribution < 1.29 is 14.0 Å². The fraction of sp³-hybridized carbons (Fsp3) is 0.263. The molecule has 1 N–H and O–H groups in total. The molecule has 0 unspecified atom stereocenters. The third-order valence-electron chi connectivity index (χ3n) is 4.44. The number of halogens is 1. The molecular weight excluding hydrogens is 307 g/mol. The largest absolute Gasteiger partial charge is 0.349 e. The van der Waals surface area contributed by atoms with Gasteiger partial charge in [0.25, 0.3) is 5.91 Å². The van der Waals surface area contributed by atoms with Crippen LogP contribution < -0.4 is 10.2 Å². The molecule has 0 atom stereocenters. The molecular formula is C19H17FN2O2. The summed E-state index contributed by atoms with van der Waals surface area (Å²) in [6.07, 6.45) is 2.38. The first-order chi connectivity index (χ1) is 11.6. The minimum Gasteiger partial charge on any atom is -0.349 e. The first-order valence-corrected chi connectivity index (χ1v) is 8.09. The van der Waals surface area contributed by atoms with Crippen LogP contribution in [0.15, 0.2) is 42.5 Å². The number of carbonyl (C=O) groups is 2. The van der Waals surface area contributed by atoms with E-state index in [0.29, 0.717) is 24.6 Å². The van der Waals surface area contributed by atoms with Crippen molar-refractivity contribution in [2.45, 2.75) is 31.8 Å². The predicted octanol–water partition coefficient (Wildman–Crippen LogP) is 2.81. The fourth-order valence-corrected chi connectivity index (χ4v) is 2.97. The van der Waals surface area contributed by atoms with Crippen LogP contribution in [0.25, 0.3) is 0 Å². The number of carbonyl (C=O) groups excluding carboxylic acids is 2. The Morgan fingerprint density at radius 1 is 1.17 bits per heavy atom. The lowest BCUT2D eigenvalue weighted by atomic mass is 10.1. The number of amides is 2. The summed E-state index contributed by atoms with van der Waals surface area (Å²) in [6, 6.07) is 11.8. The van der Waals surface area contributed by atoms with Gasteiger partial charge in [-0.3, -0.25) is 9.59 Å². The molecule has 4 rings (SSSR count). The van der Waals surface area contributed by atoms with Gasteiger partial charge < -0.3 is 10.2 Å². The van der Waals surface area contributed by atoms with E-state index in [-0.39, 0.29) is 17.6 Å².